The van der Waals surface area contributed by atoms with Crippen molar-refractivity contribution in [3.63, 3.8) is 0 Å². The number of carbonyl (C=O) groups excluding carboxylic acids is 1. The summed E-state index contributed by atoms with van der Waals surface area (Å²) < 4.78 is 12.2. The number of piperidine rings is 1. The largest absolute Gasteiger partial charge is 0.375 e. The highest BCUT2D eigenvalue weighted by molar-refractivity contribution is 7.99. The summed E-state index contributed by atoms with van der Waals surface area (Å²) in [6.45, 7) is 3.42. The summed E-state index contributed by atoms with van der Waals surface area (Å²) in [5, 5.41) is 0. The van der Waals surface area contributed by atoms with Gasteiger partial charge in [-0.2, -0.15) is 11.8 Å². The van der Waals surface area contributed by atoms with Gasteiger partial charge in [-0.1, -0.05) is 0 Å². The molecule has 1 aliphatic carbocycles. The van der Waals surface area contributed by atoms with E-state index in [1.54, 1.807) is 0 Å². The normalized spacial score (nSPS) is 31.7. The van der Waals surface area contributed by atoms with E-state index in [1.807, 2.05) is 11.8 Å². The van der Waals surface area contributed by atoms with Gasteiger partial charge >= 0.3 is 0 Å². The Kier molecular flexibility index (Phi) is 4.89. The van der Waals surface area contributed by atoms with Crippen LogP contribution in [0.4, 0.5) is 0 Å². The predicted molar refractivity (Wildman–Crippen MR) is 91.6 cm³/mol. The number of ether oxygens (including phenoxy) is 2. The molecule has 4 fully saturated rings. The molecule has 1 amide bonds. The first-order valence-electron chi connectivity index (χ1n) is 9.36. The molecule has 4 aliphatic rings. The first-order valence-corrected chi connectivity index (χ1v) is 10.5. The van der Waals surface area contributed by atoms with Crippen molar-refractivity contribution in [2.75, 3.05) is 37.8 Å². The van der Waals surface area contributed by atoms with Gasteiger partial charge in [-0.3, -0.25) is 4.79 Å². The Morgan fingerprint density at radius 3 is 2.61 bits per heavy atom. The van der Waals surface area contributed by atoms with Crippen molar-refractivity contribution < 1.29 is 14.3 Å². The summed E-state index contributed by atoms with van der Waals surface area (Å²) in [7, 11) is 0. The lowest BCUT2D eigenvalue weighted by Crippen LogP contribution is -2.48. The number of amides is 1. The van der Waals surface area contributed by atoms with Gasteiger partial charge in [-0.15, -0.1) is 0 Å². The summed E-state index contributed by atoms with van der Waals surface area (Å²) >= 11 is 1.98. The maximum Gasteiger partial charge on any atom is 0.225 e. The number of nitrogens with zero attached hydrogens (tertiary/aromatic N) is 1. The van der Waals surface area contributed by atoms with Gasteiger partial charge in [0, 0.05) is 32.0 Å². The van der Waals surface area contributed by atoms with Crippen molar-refractivity contribution in [2.45, 2.75) is 56.7 Å². The van der Waals surface area contributed by atoms with Crippen molar-refractivity contribution >= 4 is 17.7 Å². The lowest BCUT2D eigenvalue weighted by atomic mass is 9.87. The zero-order valence-corrected chi connectivity index (χ0v) is 14.8. The lowest BCUT2D eigenvalue weighted by Gasteiger charge is -2.40. The van der Waals surface area contributed by atoms with E-state index in [1.165, 1.54) is 12.8 Å². The van der Waals surface area contributed by atoms with Crippen molar-refractivity contribution in [3.8, 4) is 0 Å². The van der Waals surface area contributed by atoms with Gasteiger partial charge in [0.05, 0.1) is 18.3 Å². The van der Waals surface area contributed by atoms with E-state index in [0.29, 0.717) is 5.91 Å². The van der Waals surface area contributed by atoms with E-state index < -0.39 is 0 Å². The third-order valence-corrected chi connectivity index (χ3v) is 7.05. The Hall–Kier alpha value is -0.260. The molecule has 3 saturated heterocycles. The second-order valence-corrected chi connectivity index (χ2v) is 9.03. The minimum absolute atomic E-state index is 0.00653. The highest BCUT2D eigenvalue weighted by Crippen LogP contribution is 2.39. The molecule has 1 saturated carbocycles. The Morgan fingerprint density at radius 1 is 1.17 bits per heavy atom. The summed E-state index contributed by atoms with van der Waals surface area (Å²) in [6, 6.07) is 0. The molecule has 3 heterocycles. The molecule has 0 aromatic carbocycles. The van der Waals surface area contributed by atoms with Crippen molar-refractivity contribution in [2.24, 2.45) is 11.8 Å². The van der Waals surface area contributed by atoms with Crippen LogP contribution in [0.2, 0.25) is 0 Å². The van der Waals surface area contributed by atoms with Crippen LogP contribution >= 0.6 is 11.8 Å². The highest BCUT2D eigenvalue weighted by atomic mass is 32.2. The average Bonchev–Trinajstić information content (AvgIpc) is 3.36. The molecule has 0 aromatic heterocycles. The Labute approximate surface area is 143 Å². The molecule has 0 aromatic rings. The molecule has 1 atom stereocenters. The molecule has 0 bridgehead atoms. The van der Waals surface area contributed by atoms with E-state index in [9.17, 15) is 4.79 Å². The van der Waals surface area contributed by atoms with Crippen LogP contribution in [0.3, 0.4) is 0 Å². The third-order valence-electron chi connectivity index (χ3n) is 6.00. The van der Waals surface area contributed by atoms with E-state index in [2.05, 4.69) is 4.90 Å². The van der Waals surface area contributed by atoms with Crippen LogP contribution in [0.1, 0.15) is 44.9 Å². The standard InChI is InChI=1S/C18H29NO3S/c20-17(15-3-9-23-10-4-15)19-7-5-18(6-8-19)11-16(13-22-18)21-12-14-1-2-14/h14-16H,1-13H2/t16-/m1/s1. The second kappa shape index (κ2) is 6.93. The number of likely N-dealkylation sites (tertiary alicyclic amines) is 1. The summed E-state index contributed by atoms with van der Waals surface area (Å²) in [4.78, 5) is 14.8. The van der Waals surface area contributed by atoms with Gasteiger partial charge in [-0.25, -0.2) is 0 Å². The summed E-state index contributed by atoms with van der Waals surface area (Å²) in [5.41, 5.74) is -0.00653. The first kappa shape index (κ1) is 16.2. The Morgan fingerprint density at radius 2 is 1.91 bits per heavy atom. The minimum atomic E-state index is -0.00653. The van der Waals surface area contributed by atoms with Gasteiger partial charge in [-0.05, 0) is 55.9 Å². The lowest BCUT2D eigenvalue weighted by molar-refractivity contribution is -0.140. The van der Waals surface area contributed by atoms with Crippen LogP contribution in [0.15, 0.2) is 0 Å². The average molecular weight is 340 g/mol. The SMILES string of the molecule is O=C(C1CCSCC1)N1CCC2(CC1)C[C@@H](OCC1CC1)CO2. The van der Waals surface area contributed by atoms with Gasteiger partial charge in [0.15, 0.2) is 0 Å². The number of hydrogen-bond donors (Lipinski definition) is 0. The predicted octanol–water partition coefficient (Wildman–Crippen LogP) is 2.71. The zero-order chi connectivity index (χ0) is 15.7. The van der Waals surface area contributed by atoms with Gasteiger partial charge in [0.2, 0.25) is 5.91 Å². The molecular weight excluding hydrogens is 310 g/mol. The molecule has 23 heavy (non-hydrogen) atoms. The molecule has 0 N–H and O–H groups in total. The van der Waals surface area contributed by atoms with Crippen molar-refractivity contribution in [3.05, 3.63) is 0 Å². The van der Waals surface area contributed by atoms with Crippen molar-refractivity contribution in [1.29, 1.82) is 0 Å². The fourth-order valence-electron chi connectivity index (χ4n) is 4.15. The maximum atomic E-state index is 12.7. The van der Waals surface area contributed by atoms with Crippen molar-refractivity contribution in [1.82, 2.24) is 4.90 Å². The van der Waals surface area contributed by atoms with Crippen LogP contribution in [0, 0.1) is 11.8 Å². The van der Waals surface area contributed by atoms with Gasteiger partial charge in [0.1, 0.15) is 0 Å². The van der Waals surface area contributed by atoms with Crippen LogP contribution in [0.25, 0.3) is 0 Å². The first-order chi connectivity index (χ1) is 11.2. The topological polar surface area (TPSA) is 38.8 Å². The smallest absolute Gasteiger partial charge is 0.225 e. The Bertz CT molecular complexity index is 426. The van der Waals surface area contributed by atoms with E-state index in [4.69, 9.17) is 9.47 Å². The zero-order valence-electron chi connectivity index (χ0n) is 14.0. The number of hydrogen-bond acceptors (Lipinski definition) is 4. The van der Waals surface area contributed by atoms with Crippen LogP contribution in [0.5, 0.6) is 0 Å². The molecule has 1 spiro atoms. The third kappa shape index (κ3) is 3.88. The molecular formula is C18H29NO3S. The molecule has 4 nitrogen and oxygen atoms in total. The number of thioether (sulfide) groups is 1. The van der Waals surface area contributed by atoms with Gasteiger partial charge < -0.3 is 14.4 Å². The molecule has 0 radical (unpaired) electrons. The Balaban J connectivity index is 1.24. The van der Waals surface area contributed by atoms with E-state index in [-0.39, 0.29) is 17.6 Å². The summed E-state index contributed by atoms with van der Waals surface area (Å²) in [5.74, 6) is 3.80. The van der Waals surface area contributed by atoms with Crippen LogP contribution in [-0.4, -0.2) is 60.3 Å². The fourth-order valence-corrected chi connectivity index (χ4v) is 5.26. The highest BCUT2D eigenvalue weighted by Gasteiger charge is 2.44. The molecule has 5 heteroatoms. The summed E-state index contributed by atoms with van der Waals surface area (Å²) in [6.07, 6.45) is 8.12. The van der Waals surface area contributed by atoms with Gasteiger partial charge in [0.25, 0.3) is 0 Å². The van der Waals surface area contributed by atoms with E-state index >= 15 is 0 Å². The molecule has 3 aliphatic heterocycles. The molecule has 4 rings (SSSR count). The number of rotatable bonds is 4. The molecule has 0 unspecified atom stereocenters. The maximum absolute atomic E-state index is 12.7. The fraction of sp³-hybridized carbons (Fsp3) is 0.944. The molecule has 130 valence electrons. The second-order valence-electron chi connectivity index (χ2n) is 7.81. The minimum Gasteiger partial charge on any atom is -0.375 e. The van der Waals surface area contributed by atoms with Crippen LogP contribution < -0.4 is 0 Å². The number of carbonyl (C=O) groups is 1. The quantitative estimate of drug-likeness (QED) is 0.789. The van der Waals surface area contributed by atoms with E-state index in [0.717, 1.165) is 75.8 Å². The monoisotopic (exact) mass is 339 g/mol. The van der Waals surface area contributed by atoms with Crippen LogP contribution in [-0.2, 0) is 14.3 Å².